The van der Waals surface area contributed by atoms with Crippen LogP contribution in [0.25, 0.3) is 0 Å². The minimum atomic E-state index is 0.0730. The van der Waals surface area contributed by atoms with Gasteiger partial charge in [0, 0.05) is 32.7 Å². The molecule has 0 aromatic carbocycles. The number of nitrogens with one attached hydrogen (secondary N) is 2. The van der Waals surface area contributed by atoms with Crippen LogP contribution >= 0.6 is 11.8 Å². The first kappa shape index (κ1) is 13.3. The third kappa shape index (κ3) is 7.91. The van der Waals surface area contributed by atoms with Gasteiger partial charge >= 0.3 is 0 Å². The highest BCUT2D eigenvalue weighted by Crippen LogP contribution is 2.05. The summed E-state index contributed by atoms with van der Waals surface area (Å²) in [4.78, 5) is 21.6. The molecule has 0 aliphatic carbocycles. The molecule has 0 fully saturated rings. The van der Waals surface area contributed by atoms with Gasteiger partial charge in [0.2, 0.25) is 11.8 Å². The molecule has 0 aromatic rings. The van der Waals surface area contributed by atoms with Crippen LogP contribution in [0, 0.1) is 0 Å². The Balaban J connectivity index is 3.14. The van der Waals surface area contributed by atoms with E-state index in [0.29, 0.717) is 12.8 Å². The quantitative estimate of drug-likeness (QED) is 0.607. The molecule has 0 heterocycles. The van der Waals surface area contributed by atoms with Crippen molar-refractivity contribution < 1.29 is 9.59 Å². The van der Waals surface area contributed by atoms with Crippen molar-refractivity contribution in [3.05, 3.63) is 0 Å². The van der Waals surface area contributed by atoms with Crippen LogP contribution in [-0.2, 0) is 9.59 Å². The normalized spacial score (nSPS) is 9.57. The maximum Gasteiger partial charge on any atom is 0.220 e. The number of hydrogen-bond acceptors (Lipinski definition) is 3. The van der Waals surface area contributed by atoms with E-state index < -0.39 is 0 Å². The second kappa shape index (κ2) is 8.87. The number of amides is 2. The van der Waals surface area contributed by atoms with E-state index in [4.69, 9.17) is 0 Å². The average molecular weight is 218 g/mol. The molecule has 2 N–H and O–H groups in total. The van der Waals surface area contributed by atoms with Crippen molar-refractivity contribution in [1.29, 1.82) is 0 Å². The highest BCUT2D eigenvalue weighted by molar-refractivity contribution is 7.99. The molecule has 4 nitrogen and oxygen atoms in total. The topological polar surface area (TPSA) is 58.2 Å². The van der Waals surface area contributed by atoms with Crippen LogP contribution in [0.2, 0.25) is 0 Å². The molecular weight excluding hydrogens is 200 g/mol. The molecule has 0 aliphatic rings. The van der Waals surface area contributed by atoms with Gasteiger partial charge in [-0.2, -0.15) is 11.8 Å². The number of thioether (sulfide) groups is 1. The summed E-state index contributed by atoms with van der Waals surface area (Å²) in [6, 6.07) is 0. The summed E-state index contributed by atoms with van der Waals surface area (Å²) in [7, 11) is 3.28. The fraction of sp³-hybridized carbons (Fsp3) is 0.778. The zero-order valence-corrected chi connectivity index (χ0v) is 9.58. The molecule has 0 atom stereocenters. The van der Waals surface area contributed by atoms with Crippen molar-refractivity contribution in [2.45, 2.75) is 19.3 Å². The van der Waals surface area contributed by atoms with Crippen molar-refractivity contribution in [1.82, 2.24) is 10.6 Å². The molecule has 0 aromatic heterocycles. The zero-order chi connectivity index (χ0) is 10.8. The first-order valence-electron chi connectivity index (χ1n) is 4.69. The standard InChI is InChI=1S/C9H18N2O2S/c1-10-8(12)4-3-6-14-7-5-9(13)11-2/h3-7H2,1-2H3,(H,10,12)(H,11,13). The molecule has 0 saturated carbocycles. The molecule has 0 radical (unpaired) electrons. The minimum absolute atomic E-state index is 0.0730. The molecule has 0 bridgehead atoms. The molecule has 5 heteroatoms. The first-order valence-corrected chi connectivity index (χ1v) is 5.85. The van der Waals surface area contributed by atoms with E-state index in [1.807, 2.05) is 0 Å². The minimum Gasteiger partial charge on any atom is -0.359 e. The number of carbonyl (C=O) groups excluding carboxylic acids is 2. The van der Waals surface area contributed by atoms with E-state index in [0.717, 1.165) is 17.9 Å². The van der Waals surface area contributed by atoms with Crippen molar-refractivity contribution in [3.8, 4) is 0 Å². The lowest BCUT2D eigenvalue weighted by molar-refractivity contribution is -0.121. The fourth-order valence-corrected chi connectivity index (χ4v) is 1.73. The Morgan fingerprint density at radius 2 is 1.57 bits per heavy atom. The van der Waals surface area contributed by atoms with E-state index in [9.17, 15) is 9.59 Å². The molecule has 0 rings (SSSR count). The van der Waals surface area contributed by atoms with E-state index in [-0.39, 0.29) is 11.8 Å². The van der Waals surface area contributed by atoms with Gasteiger partial charge in [0.1, 0.15) is 0 Å². The Bertz CT molecular complexity index is 166. The summed E-state index contributed by atoms with van der Waals surface area (Å²) in [6.45, 7) is 0. The van der Waals surface area contributed by atoms with Crippen LogP contribution in [-0.4, -0.2) is 37.4 Å². The number of carbonyl (C=O) groups is 2. The van der Waals surface area contributed by atoms with Gasteiger partial charge < -0.3 is 10.6 Å². The Hall–Kier alpha value is -0.710. The Kier molecular flexibility index (Phi) is 8.42. The molecule has 0 aliphatic heterocycles. The monoisotopic (exact) mass is 218 g/mol. The van der Waals surface area contributed by atoms with E-state index in [1.165, 1.54) is 0 Å². The van der Waals surface area contributed by atoms with E-state index in [2.05, 4.69) is 10.6 Å². The fourth-order valence-electron chi connectivity index (χ4n) is 0.852. The van der Waals surface area contributed by atoms with Gasteiger partial charge in [-0.3, -0.25) is 9.59 Å². The Labute approximate surface area is 89.2 Å². The molecular formula is C9H18N2O2S. The second-order valence-electron chi connectivity index (χ2n) is 2.81. The molecule has 2 amide bonds. The van der Waals surface area contributed by atoms with Gasteiger partial charge in [0.05, 0.1) is 0 Å². The van der Waals surface area contributed by atoms with Gasteiger partial charge in [-0.15, -0.1) is 0 Å². The first-order chi connectivity index (χ1) is 6.70. The summed E-state index contributed by atoms with van der Waals surface area (Å²) in [5.41, 5.74) is 0. The van der Waals surface area contributed by atoms with Crippen molar-refractivity contribution in [2.24, 2.45) is 0 Å². The lowest BCUT2D eigenvalue weighted by Crippen LogP contribution is -2.18. The Morgan fingerprint density at radius 3 is 2.14 bits per heavy atom. The average Bonchev–Trinajstić information content (AvgIpc) is 2.22. The van der Waals surface area contributed by atoms with Gasteiger partial charge in [-0.25, -0.2) is 0 Å². The van der Waals surface area contributed by atoms with Gasteiger partial charge in [0.25, 0.3) is 0 Å². The smallest absolute Gasteiger partial charge is 0.220 e. The van der Waals surface area contributed by atoms with Gasteiger partial charge in [-0.1, -0.05) is 0 Å². The third-order valence-electron chi connectivity index (χ3n) is 1.72. The molecule has 0 unspecified atom stereocenters. The van der Waals surface area contributed by atoms with Gasteiger partial charge in [0.15, 0.2) is 0 Å². The van der Waals surface area contributed by atoms with E-state index in [1.54, 1.807) is 25.9 Å². The lowest BCUT2D eigenvalue weighted by atomic mass is 10.3. The predicted molar refractivity (Wildman–Crippen MR) is 59.3 cm³/mol. The highest BCUT2D eigenvalue weighted by atomic mass is 32.2. The molecule has 82 valence electrons. The zero-order valence-electron chi connectivity index (χ0n) is 8.76. The summed E-state index contributed by atoms with van der Waals surface area (Å²) >= 11 is 1.71. The maximum atomic E-state index is 10.8. The summed E-state index contributed by atoms with van der Waals surface area (Å²) in [6.07, 6.45) is 2.00. The predicted octanol–water partition coefficient (Wildman–Crippen LogP) is 0.382. The summed E-state index contributed by atoms with van der Waals surface area (Å²) < 4.78 is 0. The SMILES string of the molecule is CNC(=O)CCCSCCC(=O)NC. The van der Waals surface area contributed by atoms with Gasteiger partial charge in [-0.05, 0) is 12.2 Å². The van der Waals surface area contributed by atoms with Crippen molar-refractivity contribution in [3.63, 3.8) is 0 Å². The summed E-state index contributed by atoms with van der Waals surface area (Å²) in [5, 5.41) is 5.14. The number of hydrogen-bond donors (Lipinski definition) is 2. The largest absolute Gasteiger partial charge is 0.359 e. The molecule has 14 heavy (non-hydrogen) atoms. The third-order valence-corrected chi connectivity index (χ3v) is 2.79. The highest BCUT2D eigenvalue weighted by Gasteiger charge is 1.99. The molecule has 0 saturated heterocycles. The van der Waals surface area contributed by atoms with Crippen LogP contribution in [0.3, 0.4) is 0 Å². The second-order valence-corrected chi connectivity index (χ2v) is 4.04. The van der Waals surface area contributed by atoms with Crippen LogP contribution in [0.15, 0.2) is 0 Å². The summed E-state index contributed by atoms with van der Waals surface area (Å²) in [5.74, 6) is 1.92. The maximum absolute atomic E-state index is 10.8. The van der Waals surface area contributed by atoms with Crippen LogP contribution in [0.4, 0.5) is 0 Å². The number of rotatable bonds is 7. The van der Waals surface area contributed by atoms with Crippen molar-refractivity contribution in [2.75, 3.05) is 25.6 Å². The van der Waals surface area contributed by atoms with Crippen LogP contribution < -0.4 is 10.6 Å². The molecule has 0 spiro atoms. The van der Waals surface area contributed by atoms with E-state index >= 15 is 0 Å². The lowest BCUT2D eigenvalue weighted by Gasteiger charge is -2.01. The Morgan fingerprint density at radius 1 is 1.00 bits per heavy atom. The van der Waals surface area contributed by atoms with Crippen molar-refractivity contribution >= 4 is 23.6 Å². The van der Waals surface area contributed by atoms with Crippen LogP contribution in [0.1, 0.15) is 19.3 Å². The van der Waals surface area contributed by atoms with Crippen LogP contribution in [0.5, 0.6) is 0 Å².